The van der Waals surface area contributed by atoms with Crippen molar-refractivity contribution in [2.75, 3.05) is 13.1 Å². The summed E-state index contributed by atoms with van der Waals surface area (Å²) in [5.41, 5.74) is 6.38. The smallest absolute Gasteiger partial charge is 0.00104 e. The van der Waals surface area contributed by atoms with E-state index in [4.69, 9.17) is 5.73 Å². The number of rotatable bonds is 8. The van der Waals surface area contributed by atoms with Crippen LogP contribution in [0.4, 0.5) is 0 Å². The molecule has 15 heavy (non-hydrogen) atoms. The highest BCUT2D eigenvalue weighted by Crippen LogP contribution is 2.42. The van der Waals surface area contributed by atoms with Crippen molar-refractivity contribution in [2.24, 2.45) is 11.1 Å². The molecule has 0 aromatic heterocycles. The SMILES string of the molecule is CCC1(CNCCCCC(C)N)CCC1. The third-order valence-electron chi connectivity index (χ3n) is 3.93. The van der Waals surface area contributed by atoms with E-state index in [0.29, 0.717) is 11.5 Å². The second kappa shape index (κ2) is 6.49. The van der Waals surface area contributed by atoms with Gasteiger partial charge in [-0.2, -0.15) is 0 Å². The maximum absolute atomic E-state index is 5.71. The standard InChI is InChI=1S/C13H28N2/c1-3-13(8-6-9-13)11-15-10-5-4-7-12(2)14/h12,15H,3-11,14H2,1-2H3. The molecule has 0 spiro atoms. The Bertz CT molecular complexity index is 156. The number of nitrogens with two attached hydrogens (primary N) is 1. The van der Waals surface area contributed by atoms with Crippen molar-refractivity contribution < 1.29 is 0 Å². The van der Waals surface area contributed by atoms with Gasteiger partial charge in [-0.1, -0.05) is 19.8 Å². The maximum Gasteiger partial charge on any atom is 0.00104 e. The first kappa shape index (κ1) is 13.0. The second-order valence-electron chi connectivity index (χ2n) is 5.36. The number of hydrogen-bond acceptors (Lipinski definition) is 2. The second-order valence-corrected chi connectivity index (χ2v) is 5.36. The Balaban J connectivity index is 1.92. The van der Waals surface area contributed by atoms with Gasteiger partial charge in [-0.25, -0.2) is 0 Å². The first-order chi connectivity index (χ1) is 7.18. The molecule has 90 valence electrons. The highest BCUT2D eigenvalue weighted by Gasteiger charge is 2.34. The van der Waals surface area contributed by atoms with Crippen LogP contribution in [0.2, 0.25) is 0 Å². The quantitative estimate of drug-likeness (QED) is 0.607. The van der Waals surface area contributed by atoms with Crippen LogP contribution >= 0.6 is 0 Å². The molecule has 0 amide bonds. The van der Waals surface area contributed by atoms with E-state index in [1.54, 1.807) is 0 Å². The van der Waals surface area contributed by atoms with Crippen molar-refractivity contribution in [3.8, 4) is 0 Å². The average Bonchev–Trinajstić information content (AvgIpc) is 2.14. The normalized spacial score (nSPS) is 21.0. The minimum Gasteiger partial charge on any atom is -0.328 e. The van der Waals surface area contributed by atoms with E-state index < -0.39 is 0 Å². The van der Waals surface area contributed by atoms with E-state index in [2.05, 4.69) is 19.2 Å². The van der Waals surface area contributed by atoms with Crippen LogP contribution in [0.5, 0.6) is 0 Å². The van der Waals surface area contributed by atoms with E-state index in [1.807, 2.05) is 0 Å². The minimum absolute atomic E-state index is 0.374. The van der Waals surface area contributed by atoms with E-state index in [0.717, 1.165) is 0 Å². The number of nitrogens with one attached hydrogen (secondary N) is 1. The van der Waals surface area contributed by atoms with Crippen molar-refractivity contribution in [1.29, 1.82) is 0 Å². The molecule has 0 radical (unpaired) electrons. The Morgan fingerprint density at radius 1 is 1.33 bits per heavy atom. The van der Waals surface area contributed by atoms with Crippen LogP contribution in [0.1, 0.15) is 58.8 Å². The van der Waals surface area contributed by atoms with Crippen molar-refractivity contribution in [3.05, 3.63) is 0 Å². The molecule has 0 aromatic carbocycles. The molecular formula is C13H28N2. The first-order valence-corrected chi connectivity index (χ1v) is 6.65. The summed E-state index contributed by atoms with van der Waals surface area (Å²) in [7, 11) is 0. The molecule has 0 heterocycles. The predicted molar refractivity (Wildman–Crippen MR) is 66.9 cm³/mol. The molecule has 3 N–H and O–H groups in total. The zero-order valence-corrected chi connectivity index (χ0v) is 10.5. The number of unbranched alkanes of at least 4 members (excludes halogenated alkanes) is 1. The molecule has 0 aliphatic heterocycles. The van der Waals surface area contributed by atoms with Crippen molar-refractivity contribution in [3.63, 3.8) is 0 Å². The fraction of sp³-hybridized carbons (Fsp3) is 1.00. The Labute approximate surface area is 95.0 Å². The van der Waals surface area contributed by atoms with Gasteiger partial charge in [-0.05, 0) is 51.0 Å². The fourth-order valence-electron chi connectivity index (χ4n) is 2.40. The Hall–Kier alpha value is -0.0800. The fourth-order valence-corrected chi connectivity index (χ4v) is 2.40. The van der Waals surface area contributed by atoms with Crippen LogP contribution in [-0.2, 0) is 0 Å². The number of hydrogen-bond donors (Lipinski definition) is 2. The lowest BCUT2D eigenvalue weighted by Gasteiger charge is -2.41. The Kier molecular flexibility index (Phi) is 5.62. The molecule has 1 aliphatic rings. The molecular weight excluding hydrogens is 184 g/mol. The summed E-state index contributed by atoms with van der Waals surface area (Å²) < 4.78 is 0. The van der Waals surface area contributed by atoms with E-state index in [1.165, 1.54) is 58.0 Å². The molecule has 1 saturated carbocycles. The van der Waals surface area contributed by atoms with Gasteiger partial charge in [0, 0.05) is 12.6 Å². The van der Waals surface area contributed by atoms with Crippen LogP contribution in [-0.4, -0.2) is 19.1 Å². The highest BCUT2D eigenvalue weighted by molar-refractivity contribution is 4.88. The summed E-state index contributed by atoms with van der Waals surface area (Å²) in [6.07, 6.45) is 9.39. The molecule has 1 unspecified atom stereocenters. The summed E-state index contributed by atoms with van der Waals surface area (Å²) in [5, 5.41) is 3.61. The van der Waals surface area contributed by atoms with Gasteiger partial charge >= 0.3 is 0 Å². The summed E-state index contributed by atoms with van der Waals surface area (Å²) in [4.78, 5) is 0. The van der Waals surface area contributed by atoms with Crippen LogP contribution in [0, 0.1) is 5.41 Å². The highest BCUT2D eigenvalue weighted by atomic mass is 14.9. The molecule has 1 fully saturated rings. The van der Waals surface area contributed by atoms with Crippen LogP contribution in [0.25, 0.3) is 0 Å². The zero-order valence-electron chi connectivity index (χ0n) is 10.5. The first-order valence-electron chi connectivity index (χ1n) is 6.65. The Morgan fingerprint density at radius 2 is 2.07 bits per heavy atom. The lowest BCUT2D eigenvalue weighted by Crippen LogP contribution is -2.39. The summed E-state index contributed by atoms with van der Waals surface area (Å²) in [6.45, 7) is 6.83. The molecule has 1 atom stereocenters. The van der Waals surface area contributed by atoms with E-state index in [9.17, 15) is 0 Å². The van der Waals surface area contributed by atoms with Gasteiger partial charge in [0.25, 0.3) is 0 Å². The largest absolute Gasteiger partial charge is 0.328 e. The maximum atomic E-state index is 5.71. The summed E-state index contributed by atoms with van der Waals surface area (Å²) >= 11 is 0. The van der Waals surface area contributed by atoms with Gasteiger partial charge in [0.1, 0.15) is 0 Å². The molecule has 2 nitrogen and oxygen atoms in total. The van der Waals surface area contributed by atoms with Gasteiger partial charge in [0.15, 0.2) is 0 Å². The van der Waals surface area contributed by atoms with Crippen LogP contribution in [0.15, 0.2) is 0 Å². The predicted octanol–water partition coefficient (Wildman–Crippen LogP) is 2.67. The molecule has 0 saturated heterocycles. The van der Waals surface area contributed by atoms with Crippen molar-refractivity contribution in [1.82, 2.24) is 5.32 Å². The summed E-state index contributed by atoms with van der Waals surface area (Å²) in [5.74, 6) is 0. The molecule has 2 heteroatoms. The van der Waals surface area contributed by atoms with Crippen molar-refractivity contribution >= 4 is 0 Å². The van der Waals surface area contributed by atoms with Gasteiger partial charge in [-0.15, -0.1) is 0 Å². The monoisotopic (exact) mass is 212 g/mol. The minimum atomic E-state index is 0.374. The topological polar surface area (TPSA) is 38.0 Å². The molecule has 0 aromatic rings. The molecule has 0 bridgehead atoms. The molecule has 1 rings (SSSR count). The van der Waals surface area contributed by atoms with Gasteiger partial charge in [-0.3, -0.25) is 0 Å². The third-order valence-corrected chi connectivity index (χ3v) is 3.93. The third kappa shape index (κ3) is 4.52. The van der Waals surface area contributed by atoms with E-state index in [-0.39, 0.29) is 0 Å². The van der Waals surface area contributed by atoms with E-state index >= 15 is 0 Å². The lowest BCUT2D eigenvalue weighted by atomic mass is 9.67. The van der Waals surface area contributed by atoms with Crippen molar-refractivity contribution in [2.45, 2.75) is 64.8 Å². The Morgan fingerprint density at radius 3 is 2.53 bits per heavy atom. The van der Waals surface area contributed by atoms with Gasteiger partial charge in [0.05, 0.1) is 0 Å². The zero-order chi connectivity index (χ0) is 11.1. The average molecular weight is 212 g/mol. The van der Waals surface area contributed by atoms with Gasteiger partial charge < -0.3 is 11.1 Å². The van der Waals surface area contributed by atoms with Crippen LogP contribution < -0.4 is 11.1 Å². The molecule has 1 aliphatic carbocycles. The lowest BCUT2D eigenvalue weighted by molar-refractivity contribution is 0.124. The summed E-state index contributed by atoms with van der Waals surface area (Å²) in [6, 6.07) is 0.374. The van der Waals surface area contributed by atoms with Gasteiger partial charge in [0.2, 0.25) is 0 Å². The van der Waals surface area contributed by atoms with Crippen LogP contribution in [0.3, 0.4) is 0 Å².